The third-order valence-electron chi connectivity index (χ3n) is 12.9. The van der Waals surface area contributed by atoms with Crippen LogP contribution in [0.15, 0.2) is 36.0 Å². The Morgan fingerprint density at radius 2 is 1.57 bits per heavy atom. The smallest absolute Gasteiger partial charge is 0.402 e. The highest BCUT2D eigenvalue weighted by Crippen LogP contribution is 2.39. The van der Waals surface area contributed by atoms with Gasteiger partial charge in [-0.15, -0.1) is 6.58 Å². The van der Waals surface area contributed by atoms with E-state index in [1.807, 2.05) is 32.9 Å². The fourth-order valence-corrected chi connectivity index (χ4v) is 9.42. The molecule has 16 nitrogen and oxygen atoms in total. The Morgan fingerprint density at radius 3 is 2.18 bits per heavy atom. The molecule has 0 aromatic heterocycles. The van der Waals surface area contributed by atoms with E-state index in [1.165, 1.54) is 19.1 Å². The molecule has 0 spiro atoms. The molecule has 3 heterocycles. The second-order valence-corrected chi connectivity index (χ2v) is 17.6. The maximum atomic E-state index is 14.3. The summed E-state index contributed by atoms with van der Waals surface area (Å²) in [6, 6.07) is -1.14. The van der Waals surface area contributed by atoms with Gasteiger partial charge in [0.25, 0.3) is 11.7 Å². The summed E-state index contributed by atoms with van der Waals surface area (Å²) in [6.45, 7) is 13.1. The van der Waals surface area contributed by atoms with Crippen LogP contribution in [0.25, 0.3) is 0 Å². The van der Waals surface area contributed by atoms with Crippen LogP contribution >= 0.6 is 0 Å². The third kappa shape index (κ3) is 13.7. The predicted molar refractivity (Wildman–Crippen MR) is 225 cm³/mol. The van der Waals surface area contributed by atoms with Crippen molar-refractivity contribution < 1.29 is 68.1 Å². The van der Waals surface area contributed by atoms with Crippen LogP contribution in [0.5, 0.6) is 0 Å². The molecular weight excluding hydrogens is 792 g/mol. The van der Waals surface area contributed by atoms with E-state index in [4.69, 9.17) is 33.6 Å². The van der Waals surface area contributed by atoms with E-state index in [1.54, 1.807) is 27.0 Å². The number of rotatable bonds is 7. The van der Waals surface area contributed by atoms with E-state index in [2.05, 4.69) is 12.3 Å². The molecule has 4 aliphatic rings. The van der Waals surface area contributed by atoms with Gasteiger partial charge in [0.1, 0.15) is 24.0 Å². The van der Waals surface area contributed by atoms with Crippen molar-refractivity contribution in [2.24, 2.45) is 35.3 Å². The lowest BCUT2D eigenvalue weighted by atomic mass is 9.81. The van der Waals surface area contributed by atoms with E-state index in [-0.39, 0.29) is 49.5 Å². The van der Waals surface area contributed by atoms with E-state index >= 15 is 0 Å². The van der Waals surface area contributed by atoms with Crippen LogP contribution in [-0.2, 0) is 42.9 Å². The van der Waals surface area contributed by atoms with Crippen molar-refractivity contribution in [1.82, 2.24) is 4.90 Å². The molecule has 1 unspecified atom stereocenters. The molecule has 14 atom stereocenters. The molecule has 3 aliphatic heterocycles. The van der Waals surface area contributed by atoms with Crippen LogP contribution in [0.3, 0.4) is 0 Å². The second-order valence-electron chi connectivity index (χ2n) is 17.6. The monoisotopic (exact) mass is 864 g/mol. The van der Waals surface area contributed by atoms with Crippen LogP contribution in [0, 0.1) is 29.6 Å². The molecule has 2 saturated heterocycles. The molecule has 2 amide bonds. The average molecular weight is 865 g/mol. The zero-order valence-electron chi connectivity index (χ0n) is 37.3. The summed E-state index contributed by atoms with van der Waals surface area (Å²) in [5.41, 5.74) is 5.64. The molecule has 4 rings (SSSR count). The minimum atomic E-state index is -2.51. The zero-order valence-corrected chi connectivity index (χ0v) is 37.3. The normalized spacial score (nSPS) is 37.8. The van der Waals surface area contributed by atoms with Gasteiger partial charge in [-0.1, -0.05) is 44.6 Å². The molecular formula is C45H72N2O14. The first-order valence-electron chi connectivity index (χ1n) is 21.6. The number of carbonyl (C=O) groups is 5. The molecule has 61 heavy (non-hydrogen) atoms. The molecule has 1 aliphatic carbocycles. The number of aliphatic hydroxyl groups excluding tert-OH is 2. The van der Waals surface area contributed by atoms with E-state index in [0.717, 1.165) is 5.57 Å². The van der Waals surface area contributed by atoms with Crippen molar-refractivity contribution in [3.63, 3.8) is 0 Å². The lowest BCUT2D eigenvalue weighted by molar-refractivity contribution is -0.302. The number of hydrogen-bond acceptors (Lipinski definition) is 13. The molecule has 346 valence electrons. The number of nitrogens with two attached hydrogens (primary N) is 1. The van der Waals surface area contributed by atoms with Gasteiger partial charge in [0, 0.05) is 52.0 Å². The maximum Gasteiger partial charge on any atom is 0.402 e. The van der Waals surface area contributed by atoms with Gasteiger partial charge in [0.05, 0.1) is 30.5 Å². The van der Waals surface area contributed by atoms with Crippen molar-refractivity contribution in [2.75, 3.05) is 27.9 Å². The van der Waals surface area contributed by atoms with Gasteiger partial charge in [-0.25, -0.2) is 9.59 Å². The Hall–Kier alpha value is -3.51. The molecule has 2 bridgehead atoms. The van der Waals surface area contributed by atoms with E-state index in [9.17, 15) is 34.5 Å². The number of piperidine rings is 1. The molecule has 0 aromatic carbocycles. The van der Waals surface area contributed by atoms with Crippen molar-refractivity contribution in [3.8, 4) is 0 Å². The van der Waals surface area contributed by atoms with Gasteiger partial charge in [0.2, 0.25) is 5.79 Å². The first-order chi connectivity index (χ1) is 28.7. The average Bonchev–Trinajstić information content (AvgIpc) is 3.21. The van der Waals surface area contributed by atoms with Crippen molar-refractivity contribution >= 4 is 29.5 Å². The number of allylic oxidation sites excluding steroid dienone is 4. The van der Waals surface area contributed by atoms with Crippen molar-refractivity contribution in [1.29, 1.82) is 0 Å². The number of ether oxygens (including phenoxy) is 5. The Labute approximate surface area is 360 Å². The Kier molecular flexibility index (Phi) is 20.2. The highest BCUT2D eigenvalue weighted by Gasteiger charge is 2.56. The van der Waals surface area contributed by atoms with Crippen LogP contribution in [0.1, 0.15) is 105 Å². The largest absolute Gasteiger partial charge is 0.465 e. The number of ketones is 2. The lowest BCUT2D eigenvalue weighted by Crippen LogP contribution is -2.64. The number of carboxylic acid groups (broad SMARTS) is 1. The van der Waals surface area contributed by atoms with Gasteiger partial charge < -0.3 is 54.7 Å². The number of fused-ring (bicyclic) bond motifs is 3. The summed E-state index contributed by atoms with van der Waals surface area (Å²) in [6.07, 6.45) is 3.60. The SMILES string of the molecule is C=CC[C@@H]1C=C(C)C[C@H](C)C[C@H](OC)[C@H]2O[C@@](O)(C(=O)C(=O)N3CCCC[C@H]3C(=O)O[C@H](C(C)=CC3CC[C@@H](O)[C@H](OC)C3)[C@H](C)[C@@H](O)CC1=O)[C@H](C)C[C@@H]2OC.NC(=O)O. The first kappa shape index (κ1) is 51.8. The first-order valence-corrected chi connectivity index (χ1v) is 21.6. The Bertz CT molecular complexity index is 1580. The molecule has 3 fully saturated rings. The summed E-state index contributed by atoms with van der Waals surface area (Å²) in [5, 5.41) is 41.3. The number of cyclic esters (lactones) is 1. The number of Topliss-reactive ketones (excluding diaryl/α,β-unsaturated/α-hetero) is 2. The quantitative estimate of drug-likeness (QED) is 0.137. The van der Waals surface area contributed by atoms with Gasteiger partial charge in [-0.3, -0.25) is 14.4 Å². The minimum Gasteiger partial charge on any atom is -0.465 e. The molecule has 0 aromatic rings. The predicted octanol–water partition coefficient (Wildman–Crippen LogP) is 4.26. The fourth-order valence-electron chi connectivity index (χ4n) is 9.42. The number of hydrogen-bond donors (Lipinski definition) is 5. The van der Waals surface area contributed by atoms with Crippen molar-refractivity contribution in [3.05, 3.63) is 36.0 Å². The van der Waals surface area contributed by atoms with Gasteiger partial charge in [-0.2, -0.15) is 0 Å². The number of amides is 2. The van der Waals surface area contributed by atoms with Crippen LogP contribution in [-0.4, -0.2) is 137 Å². The van der Waals surface area contributed by atoms with E-state index in [0.29, 0.717) is 56.9 Å². The topological polar surface area (TPSA) is 242 Å². The van der Waals surface area contributed by atoms with Crippen LogP contribution < -0.4 is 5.73 Å². The number of esters is 1. The molecule has 0 radical (unpaired) electrons. The van der Waals surface area contributed by atoms with Gasteiger partial charge in [0.15, 0.2) is 0 Å². The number of carbonyl (C=O) groups excluding carboxylic acids is 4. The highest BCUT2D eigenvalue weighted by molar-refractivity contribution is 6.39. The number of nitrogens with zero attached hydrogens (tertiary/aromatic N) is 1. The summed E-state index contributed by atoms with van der Waals surface area (Å²) >= 11 is 0. The molecule has 16 heteroatoms. The van der Waals surface area contributed by atoms with Crippen LogP contribution in [0.2, 0.25) is 0 Å². The number of methoxy groups -OCH3 is 3. The second kappa shape index (κ2) is 23.8. The maximum absolute atomic E-state index is 14.3. The van der Waals surface area contributed by atoms with Crippen LogP contribution in [0.4, 0.5) is 4.79 Å². The Morgan fingerprint density at radius 1 is 0.951 bits per heavy atom. The zero-order chi connectivity index (χ0) is 45.8. The van der Waals surface area contributed by atoms with Gasteiger partial charge >= 0.3 is 12.1 Å². The standard InChI is InChI=1S/C44H69NO12.CH3NO2/c1-10-13-31-19-25(2)18-26(3)20-37(54-8)40-38(55-9)22-28(5)44(52,57-40)41(49)42(50)45-17-12-11-14-32(45)43(51)56-39(29(6)34(47)24-35(31)48)27(4)21-30-15-16-33(46)36(23-30)53-7;2-1(3)4/h10,19,21,26,28-34,36-40,46-47,52H,1,11-18,20,22-24H2,2-9H3;2H2,(H,3,4)/t26-,28+,29+,30?,31+,32-,33+,34-,36+,37-,38-,39+,40+,44+;/m0./s1. The third-order valence-corrected chi connectivity index (χ3v) is 12.9. The Balaban J connectivity index is 0.00000237. The summed E-state index contributed by atoms with van der Waals surface area (Å²) in [4.78, 5) is 66.6. The lowest BCUT2D eigenvalue weighted by Gasteiger charge is -2.47. The molecule has 1 saturated carbocycles. The van der Waals surface area contributed by atoms with E-state index < -0.39 is 90.0 Å². The summed E-state index contributed by atoms with van der Waals surface area (Å²) in [7, 11) is 4.61. The highest BCUT2D eigenvalue weighted by atomic mass is 16.7. The summed E-state index contributed by atoms with van der Waals surface area (Å²) in [5.74, 6) is -7.76. The molecule has 6 N–H and O–H groups in total. The fraction of sp³-hybridized carbons (Fsp3) is 0.756. The number of aliphatic hydroxyl groups is 3. The minimum absolute atomic E-state index is 0.00988. The van der Waals surface area contributed by atoms with Gasteiger partial charge in [-0.05, 0) is 95.5 Å². The summed E-state index contributed by atoms with van der Waals surface area (Å²) < 4.78 is 29.7. The van der Waals surface area contributed by atoms with Crippen molar-refractivity contribution in [2.45, 2.75) is 160 Å². The number of primary amides is 1.